The molecular weight excluding hydrogens is 240 g/mol. The van der Waals surface area contributed by atoms with Crippen molar-refractivity contribution in [2.24, 2.45) is 0 Å². The van der Waals surface area contributed by atoms with Crippen molar-refractivity contribution in [3.63, 3.8) is 0 Å². The molecule has 1 aromatic rings. The molecular formula is C15H22N2O2. The molecule has 1 unspecified atom stereocenters. The smallest absolute Gasteiger partial charge is 0.231 e. The van der Waals surface area contributed by atoms with Crippen LogP contribution in [-0.2, 0) is 6.54 Å². The second kappa shape index (κ2) is 5.80. The van der Waals surface area contributed by atoms with E-state index in [2.05, 4.69) is 29.4 Å². The summed E-state index contributed by atoms with van der Waals surface area (Å²) in [6.07, 6.45) is 4.01. The molecule has 1 aromatic carbocycles. The molecule has 1 fully saturated rings. The van der Waals surface area contributed by atoms with Crippen molar-refractivity contribution < 1.29 is 9.47 Å². The summed E-state index contributed by atoms with van der Waals surface area (Å²) in [5.74, 6) is 1.73. The highest BCUT2D eigenvalue weighted by molar-refractivity contribution is 5.44. The minimum absolute atomic E-state index is 0.346. The van der Waals surface area contributed by atoms with Gasteiger partial charge in [0.25, 0.3) is 0 Å². The van der Waals surface area contributed by atoms with E-state index in [1.807, 2.05) is 6.07 Å². The van der Waals surface area contributed by atoms with Crippen LogP contribution in [0.15, 0.2) is 18.2 Å². The molecule has 0 spiro atoms. The summed E-state index contributed by atoms with van der Waals surface area (Å²) in [5, 5.41) is 3.55. The summed E-state index contributed by atoms with van der Waals surface area (Å²) < 4.78 is 10.7. The first kappa shape index (κ1) is 12.8. The fourth-order valence-corrected chi connectivity index (χ4v) is 2.84. The molecule has 1 saturated heterocycles. The molecule has 2 heterocycles. The Labute approximate surface area is 114 Å². The molecule has 3 rings (SSSR count). The Morgan fingerprint density at radius 3 is 3.05 bits per heavy atom. The van der Waals surface area contributed by atoms with Gasteiger partial charge in [0.05, 0.1) is 0 Å². The minimum atomic E-state index is 0.346. The predicted molar refractivity (Wildman–Crippen MR) is 74.5 cm³/mol. The van der Waals surface area contributed by atoms with E-state index in [0.29, 0.717) is 12.8 Å². The number of likely N-dealkylation sites (tertiary alicyclic amines) is 1. The van der Waals surface area contributed by atoms with E-state index < -0.39 is 0 Å². The highest BCUT2D eigenvalue weighted by Gasteiger charge is 2.18. The molecule has 0 radical (unpaired) electrons. The fraction of sp³-hybridized carbons (Fsp3) is 0.600. The number of likely N-dealkylation sites (N-methyl/N-ethyl adjacent to an activating group) is 1. The van der Waals surface area contributed by atoms with Crippen LogP contribution >= 0.6 is 0 Å². The summed E-state index contributed by atoms with van der Waals surface area (Å²) >= 11 is 0. The Morgan fingerprint density at radius 2 is 2.16 bits per heavy atom. The molecule has 4 heteroatoms. The molecule has 2 aliphatic rings. The van der Waals surface area contributed by atoms with Gasteiger partial charge in [-0.15, -0.1) is 0 Å². The van der Waals surface area contributed by atoms with Crippen LogP contribution < -0.4 is 14.8 Å². The maximum atomic E-state index is 5.39. The molecule has 0 saturated carbocycles. The van der Waals surface area contributed by atoms with Crippen molar-refractivity contribution in [3.8, 4) is 11.5 Å². The van der Waals surface area contributed by atoms with Gasteiger partial charge in [-0.25, -0.2) is 0 Å². The second-order valence-corrected chi connectivity index (χ2v) is 5.45. The van der Waals surface area contributed by atoms with E-state index in [1.165, 1.54) is 31.4 Å². The van der Waals surface area contributed by atoms with Gasteiger partial charge in [-0.05, 0) is 44.1 Å². The highest BCUT2D eigenvalue weighted by atomic mass is 16.7. The molecule has 0 amide bonds. The first-order valence-electron chi connectivity index (χ1n) is 7.12. The fourth-order valence-electron chi connectivity index (χ4n) is 2.84. The van der Waals surface area contributed by atoms with Gasteiger partial charge in [0.1, 0.15) is 0 Å². The molecule has 0 aromatic heterocycles. The summed E-state index contributed by atoms with van der Waals surface area (Å²) in [5.41, 5.74) is 1.25. The van der Waals surface area contributed by atoms with Crippen molar-refractivity contribution in [1.82, 2.24) is 10.2 Å². The van der Waals surface area contributed by atoms with Gasteiger partial charge < -0.3 is 19.7 Å². The number of rotatable bonds is 4. The lowest BCUT2D eigenvalue weighted by Gasteiger charge is -2.32. The minimum Gasteiger partial charge on any atom is -0.454 e. The standard InChI is InChI=1S/C15H22N2O2/c1-17-7-3-2-4-13(17)10-16-9-12-5-6-14-15(8-12)19-11-18-14/h5-6,8,13,16H,2-4,7,9-11H2,1H3. The molecule has 1 N–H and O–H groups in total. The lowest BCUT2D eigenvalue weighted by Crippen LogP contribution is -2.42. The topological polar surface area (TPSA) is 33.7 Å². The molecule has 1 atom stereocenters. The van der Waals surface area contributed by atoms with Crippen LogP contribution in [0.3, 0.4) is 0 Å². The molecule has 4 nitrogen and oxygen atoms in total. The second-order valence-electron chi connectivity index (χ2n) is 5.45. The summed E-state index contributed by atoms with van der Waals surface area (Å²) in [6, 6.07) is 6.85. The molecule has 0 bridgehead atoms. The summed E-state index contributed by atoms with van der Waals surface area (Å²) in [7, 11) is 2.23. The number of fused-ring (bicyclic) bond motifs is 1. The van der Waals surface area contributed by atoms with Crippen LogP contribution in [0.1, 0.15) is 24.8 Å². The summed E-state index contributed by atoms with van der Waals surface area (Å²) in [4.78, 5) is 2.47. The third-order valence-corrected chi connectivity index (χ3v) is 4.07. The third-order valence-electron chi connectivity index (χ3n) is 4.07. The van der Waals surface area contributed by atoms with Crippen LogP contribution in [-0.4, -0.2) is 37.9 Å². The van der Waals surface area contributed by atoms with Gasteiger partial charge >= 0.3 is 0 Å². The average Bonchev–Trinajstić information content (AvgIpc) is 2.88. The van der Waals surface area contributed by atoms with Gasteiger partial charge in [-0.3, -0.25) is 0 Å². The van der Waals surface area contributed by atoms with Gasteiger partial charge in [-0.1, -0.05) is 12.5 Å². The van der Waals surface area contributed by atoms with Gasteiger partial charge in [0, 0.05) is 19.1 Å². The number of nitrogens with zero attached hydrogens (tertiary/aromatic N) is 1. The maximum absolute atomic E-state index is 5.39. The Bertz CT molecular complexity index is 436. The van der Waals surface area contributed by atoms with E-state index >= 15 is 0 Å². The first-order chi connectivity index (χ1) is 9.33. The molecule has 2 aliphatic heterocycles. The SMILES string of the molecule is CN1CCCCC1CNCc1ccc2c(c1)OCO2. The number of nitrogens with one attached hydrogen (secondary N) is 1. The van der Waals surface area contributed by atoms with E-state index in [9.17, 15) is 0 Å². The monoisotopic (exact) mass is 262 g/mol. The van der Waals surface area contributed by atoms with Crippen LogP contribution in [0, 0.1) is 0 Å². The number of hydrogen-bond acceptors (Lipinski definition) is 4. The van der Waals surface area contributed by atoms with Crippen molar-refractivity contribution in [2.45, 2.75) is 31.8 Å². The third kappa shape index (κ3) is 3.01. The van der Waals surface area contributed by atoms with Gasteiger partial charge in [0.15, 0.2) is 11.5 Å². The lowest BCUT2D eigenvalue weighted by molar-refractivity contribution is 0.174. The van der Waals surface area contributed by atoms with Gasteiger partial charge in [-0.2, -0.15) is 0 Å². The predicted octanol–water partition coefficient (Wildman–Crippen LogP) is 1.99. The highest BCUT2D eigenvalue weighted by Crippen LogP contribution is 2.32. The van der Waals surface area contributed by atoms with E-state index in [-0.39, 0.29) is 0 Å². The normalized spacial score (nSPS) is 22.7. The Kier molecular flexibility index (Phi) is 3.89. The van der Waals surface area contributed by atoms with Crippen molar-refractivity contribution in [1.29, 1.82) is 0 Å². The number of ether oxygens (including phenoxy) is 2. The van der Waals surface area contributed by atoms with Crippen molar-refractivity contribution >= 4 is 0 Å². The Balaban J connectivity index is 1.49. The maximum Gasteiger partial charge on any atom is 0.231 e. The summed E-state index contributed by atoms with van der Waals surface area (Å²) in [6.45, 7) is 3.53. The quantitative estimate of drug-likeness (QED) is 0.899. The Morgan fingerprint density at radius 1 is 1.26 bits per heavy atom. The van der Waals surface area contributed by atoms with Crippen LogP contribution in [0.25, 0.3) is 0 Å². The van der Waals surface area contributed by atoms with Crippen LogP contribution in [0.4, 0.5) is 0 Å². The van der Waals surface area contributed by atoms with Crippen molar-refractivity contribution in [2.75, 3.05) is 26.9 Å². The average molecular weight is 262 g/mol. The van der Waals surface area contributed by atoms with Crippen LogP contribution in [0.5, 0.6) is 11.5 Å². The van der Waals surface area contributed by atoms with E-state index in [1.54, 1.807) is 0 Å². The van der Waals surface area contributed by atoms with Crippen molar-refractivity contribution in [3.05, 3.63) is 23.8 Å². The number of benzene rings is 1. The van der Waals surface area contributed by atoms with E-state index in [0.717, 1.165) is 24.6 Å². The number of piperidine rings is 1. The van der Waals surface area contributed by atoms with E-state index in [4.69, 9.17) is 9.47 Å². The Hall–Kier alpha value is -1.26. The molecule has 0 aliphatic carbocycles. The largest absolute Gasteiger partial charge is 0.454 e. The number of hydrogen-bond donors (Lipinski definition) is 1. The zero-order valence-corrected chi connectivity index (χ0v) is 11.5. The zero-order valence-electron chi connectivity index (χ0n) is 11.5. The van der Waals surface area contributed by atoms with Crippen LogP contribution in [0.2, 0.25) is 0 Å². The molecule has 19 heavy (non-hydrogen) atoms. The molecule has 104 valence electrons. The first-order valence-corrected chi connectivity index (χ1v) is 7.12. The lowest BCUT2D eigenvalue weighted by atomic mass is 10.0. The zero-order chi connectivity index (χ0) is 13.1. The van der Waals surface area contributed by atoms with Gasteiger partial charge in [0.2, 0.25) is 6.79 Å².